The summed E-state index contributed by atoms with van der Waals surface area (Å²) >= 11 is 1.58. The van der Waals surface area contributed by atoms with Crippen LogP contribution in [-0.4, -0.2) is 18.4 Å². The maximum Gasteiger partial charge on any atom is 0.185 e. The van der Waals surface area contributed by atoms with E-state index in [2.05, 4.69) is 16.0 Å². The smallest absolute Gasteiger partial charge is 0.185 e. The Morgan fingerprint density at radius 3 is 2.50 bits per heavy atom. The highest BCUT2D eigenvalue weighted by atomic mass is 32.2. The molecule has 0 spiro atoms. The Labute approximate surface area is 187 Å². The number of rotatable bonds is 5. The van der Waals surface area contributed by atoms with Crippen molar-refractivity contribution in [3.05, 3.63) is 96.5 Å². The molecule has 0 saturated heterocycles. The van der Waals surface area contributed by atoms with Crippen molar-refractivity contribution in [2.45, 2.75) is 10.6 Å². The second-order valence-corrected chi connectivity index (χ2v) is 10.4. The van der Waals surface area contributed by atoms with Gasteiger partial charge in [0.2, 0.25) is 0 Å². The number of hydrogen-bond donors (Lipinski definition) is 1. The lowest BCUT2D eigenvalue weighted by molar-refractivity contribution is 0.549. The fourth-order valence-corrected chi connectivity index (χ4v) is 5.95. The van der Waals surface area contributed by atoms with Crippen molar-refractivity contribution in [1.82, 2.24) is 9.97 Å². The molecule has 0 aliphatic rings. The van der Waals surface area contributed by atoms with E-state index in [1.807, 2.05) is 36.5 Å². The Morgan fingerprint density at radius 2 is 1.69 bits per heavy atom. The average Bonchev–Trinajstić information content (AvgIpc) is 3.42. The molecule has 0 aliphatic heterocycles. The number of pyridine rings is 1. The van der Waals surface area contributed by atoms with E-state index in [1.54, 1.807) is 23.6 Å². The predicted molar refractivity (Wildman–Crippen MR) is 122 cm³/mol. The number of hydrogen-bond acceptors (Lipinski definition) is 4. The molecule has 2 aromatic carbocycles. The monoisotopic (exact) mass is 466 g/mol. The SMILES string of the molecule is O=S(=O)(Cc1cncc(-c2ccc(-c3ccc4[nH]ccc4c3)s2)c1)c1ccc(F)cc1F. The van der Waals surface area contributed by atoms with Crippen LogP contribution in [0.15, 0.2) is 84.1 Å². The predicted octanol–water partition coefficient (Wildman–Crippen LogP) is 6.21. The summed E-state index contributed by atoms with van der Waals surface area (Å²) in [7, 11) is -3.99. The van der Waals surface area contributed by atoms with Gasteiger partial charge in [-0.15, -0.1) is 11.3 Å². The van der Waals surface area contributed by atoms with Crippen molar-refractivity contribution in [2.24, 2.45) is 0 Å². The van der Waals surface area contributed by atoms with Crippen LogP contribution in [0.3, 0.4) is 0 Å². The van der Waals surface area contributed by atoms with Crippen molar-refractivity contribution < 1.29 is 17.2 Å². The van der Waals surface area contributed by atoms with Crippen LogP contribution in [0, 0.1) is 11.6 Å². The van der Waals surface area contributed by atoms with Crippen LogP contribution < -0.4 is 0 Å². The zero-order valence-corrected chi connectivity index (χ0v) is 18.2. The Kier molecular flexibility index (Phi) is 5.11. The van der Waals surface area contributed by atoms with Gasteiger partial charge >= 0.3 is 0 Å². The van der Waals surface area contributed by atoms with Crippen molar-refractivity contribution in [3.8, 4) is 20.9 Å². The lowest BCUT2D eigenvalue weighted by atomic mass is 10.1. The van der Waals surface area contributed by atoms with E-state index in [0.29, 0.717) is 11.6 Å². The summed E-state index contributed by atoms with van der Waals surface area (Å²) in [6, 6.07) is 16.4. The molecule has 0 aliphatic carbocycles. The number of aromatic nitrogens is 2. The first-order valence-electron chi connectivity index (χ1n) is 9.68. The number of thiophene rings is 1. The first-order chi connectivity index (χ1) is 15.4. The summed E-state index contributed by atoms with van der Waals surface area (Å²) in [5, 5.41) is 1.12. The summed E-state index contributed by atoms with van der Waals surface area (Å²) < 4.78 is 52.5. The number of benzene rings is 2. The zero-order valence-electron chi connectivity index (χ0n) is 16.5. The first-order valence-corrected chi connectivity index (χ1v) is 12.2. The molecular weight excluding hydrogens is 450 g/mol. The Balaban J connectivity index is 1.43. The van der Waals surface area contributed by atoms with Gasteiger partial charge in [-0.1, -0.05) is 6.07 Å². The molecule has 8 heteroatoms. The molecule has 32 heavy (non-hydrogen) atoms. The van der Waals surface area contributed by atoms with E-state index in [0.717, 1.165) is 43.9 Å². The van der Waals surface area contributed by atoms with Gasteiger partial charge < -0.3 is 4.98 Å². The molecule has 0 unspecified atom stereocenters. The maximum absolute atomic E-state index is 14.0. The number of nitrogens with one attached hydrogen (secondary N) is 1. The minimum Gasteiger partial charge on any atom is -0.361 e. The molecule has 0 atom stereocenters. The van der Waals surface area contributed by atoms with Crippen molar-refractivity contribution >= 4 is 32.1 Å². The summed E-state index contributed by atoms with van der Waals surface area (Å²) in [4.78, 5) is 8.84. The molecule has 0 bridgehead atoms. The van der Waals surface area contributed by atoms with Gasteiger partial charge in [0.25, 0.3) is 0 Å². The van der Waals surface area contributed by atoms with Gasteiger partial charge in [0.05, 0.1) is 5.75 Å². The van der Waals surface area contributed by atoms with Gasteiger partial charge in [-0.05, 0) is 65.0 Å². The Bertz CT molecular complexity index is 1560. The Hall–Kier alpha value is -3.36. The van der Waals surface area contributed by atoms with E-state index in [9.17, 15) is 17.2 Å². The molecule has 0 saturated carbocycles. The fourth-order valence-electron chi connectivity index (χ4n) is 3.58. The highest BCUT2D eigenvalue weighted by molar-refractivity contribution is 7.90. The Morgan fingerprint density at radius 1 is 0.875 bits per heavy atom. The molecule has 0 amide bonds. The minimum absolute atomic E-state index is 0.426. The van der Waals surface area contributed by atoms with Crippen LogP contribution in [0.5, 0.6) is 0 Å². The molecule has 4 nitrogen and oxygen atoms in total. The quantitative estimate of drug-likeness (QED) is 0.313. The van der Waals surface area contributed by atoms with Crippen molar-refractivity contribution in [1.29, 1.82) is 0 Å². The van der Waals surface area contributed by atoms with Gasteiger partial charge in [0.15, 0.2) is 9.84 Å². The lowest BCUT2D eigenvalue weighted by Crippen LogP contribution is -2.08. The first kappa shape index (κ1) is 20.5. The number of halogens is 2. The molecule has 0 fully saturated rings. The summed E-state index contributed by atoms with van der Waals surface area (Å²) in [6.45, 7) is 0. The second kappa shape index (κ2) is 7.96. The van der Waals surface area contributed by atoms with Gasteiger partial charge in [-0.3, -0.25) is 4.98 Å². The van der Waals surface area contributed by atoms with Crippen LogP contribution in [0.2, 0.25) is 0 Å². The van der Waals surface area contributed by atoms with Gasteiger partial charge in [-0.2, -0.15) is 0 Å². The van der Waals surface area contributed by atoms with E-state index in [-0.39, 0.29) is 0 Å². The molecule has 5 aromatic rings. The molecule has 160 valence electrons. The number of H-pyrrole nitrogens is 1. The zero-order chi connectivity index (χ0) is 22.3. The summed E-state index contributed by atoms with van der Waals surface area (Å²) in [5.41, 5.74) is 3.36. The van der Waals surface area contributed by atoms with E-state index < -0.39 is 32.1 Å². The third kappa shape index (κ3) is 3.94. The molecule has 1 N–H and O–H groups in total. The lowest BCUT2D eigenvalue weighted by Gasteiger charge is -2.07. The number of nitrogens with zero attached hydrogens (tertiary/aromatic N) is 1. The minimum atomic E-state index is -3.99. The molecular formula is C24H16F2N2O2S2. The molecule has 5 rings (SSSR count). The van der Waals surface area contributed by atoms with E-state index >= 15 is 0 Å². The highest BCUT2D eigenvalue weighted by Crippen LogP contribution is 2.35. The number of sulfone groups is 1. The third-order valence-electron chi connectivity index (χ3n) is 5.11. The highest BCUT2D eigenvalue weighted by Gasteiger charge is 2.21. The van der Waals surface area contributed by atoms with Gasteiger partial charge in [0.1, 0.15) is 16.5 Å². The van der Waals surface area contributed by atoms with Crippen LogP contribution >= 0.6 is 11.3 Å². The number of aromatic amines is 1. The third-order valence-corrected chi connectivity index (χ3v) is 8.01. The normalized spacial score (nSPS) is 11.8. The molecule has 3 aromatic heterocycles. The van der Waals surface area contributed by atoms with Crippen LogP contribution in [0.4, 0.5) is 8.78 Å². The van der Waals surface area contributed by atoms with E-state index in [4.69, 9.17) is 0 Å². The fraction of sp³-hybridized carbons (Fsp3) is 0.0417. The molecule has 3 heterocycles. The molecule has 0 radical (unpaired) electrons. The average molecular weight is 467 g/mol. The van der Waals surface area contributed by atoms with Crippen LogP contribution in [-0.2, 0) is 15.6 Å². The van der Waals surface area contributed by atoms with Crippen molar-refractivity contribution in [3.63, 3.8) is 0 Å². The van der Waals surface area contributed by atoms with Crippen LogP contribution in [0.1, 0.15) is 5.56 Å². The van der Waals surface area contributed by atoms with E-state index in [1.165, 1.54) is 6.20 Å². The largest absolute Gasteiger partial charge is 0.361 e. The van der Waals surface area contributed by atoms with Crippen LogP contribution in [0.25, 0.3) is 31.8 Å². The summed E-state index contributed by atoms with van der Waals surface area (Å²) in [6.07, 6.45) is 5.01. The van der Waals surface area contributed by atoms with Gasteiger partial charge in [0, 0.05) is 45.5 Å². The second-order valence-electron chi connectivity index (χ2n) is 7.36. The summed E-state index contributed by atoms with van der Waals surface area (Å²) in [5.74, 6) is -2.36. The van der Waals surface area contributed by atoms with Gasteiger partial charge in [-0.25, -0.2) is 17.2 Å². The number of fused-ring (bicyclic) bond motifs is 1. The van der Waals surface area contributed by atoms with Crippen molar-refractivity contribution in [2.75, 3.05) is 0 Å². The maximum atomic E-state index is 14.0. The topological polar surface area (TPSA) is 62.8 Å². The standard InChI is InChI=1S/C24H16F2N2O2S2/c25-19-2-6-24(20(26)11-19)32(29,30)14-15-9-18(13-27-12-15)23-5-4-22(31-23)17-1-3-21-16(10-17)7-8-28-21/h1-13,28H,14H2.